The van der Waals surface area contributed by atoms with Crippen molar-refractivity contribution in [3.05, 3.63) is 51.2 Å². The Morgan fingerprint density at radius 3 is 2.33 bits per heavy atom. The number of hydrogen-bond donors (Lipinski definition) is 2. The molecule has 5 nitrogen and oxygen atoms in total. The number of benzene rings is 1. The molecule has 0 saturated heterocycles. The molecule has 0 fully saturated rings. The molecule has 2 rings (SSSR count). The van der Waals surface area contributed by atoms with Gasteiger partial charge in [-0.05, 0) is 37.6 Å². The first kappa shape index (κ1) is 15.7. The average Bonchev–Trinajstić information content (AvgIpc) is 2.69. The number of sulfonamides is 1. The molecule has 0 aliphatic carbocycles. The highest BCUT2D eigenvalue weighted by Gasteiger charge is 2.12. The first-order valence-corrected chi connectivity index (χ1v) is 8.75. The molecule has 0 unspecified atom stereocenters. The third-order valence-corrected chi connectivity index (χ3v) is 4.57. The van der Waals surface area contributed by atoms with Gasteiger partial charge < -0.3 is 5.32 Å². The topological polar surface area (TPSA) is 89.3 Å². The van der Waals surface area contributed by atoms with Crippen LogP contribution in [0, 0.1) is 13.8 Å². The summed E-state index contributed by atoms with van der Waals surface area (Å²) in [5.41, 5.74) is 1.85. The number of thiophene rings is 1. The monoisotopic (exact) mass is 324 g/mol. The normalized spacial score (nSPS) is 11.4. The third kappa shape index (κ3) is 4.38. The number of nitrogens with one attached hydrogen (secondary N) is 1. The molecule has 1 aromatic heterocycles. The smallest absolute Gasteiger partial charge is 0.256 e. The Labute approximate surface area is 127 Å². The van der Waals surface area contributed by atoms with Crippen LogP contribution in [-0.4, -0.2) is 14.3 Å². The molecular weight excluding hydrogens is 308 g/mol. The number of carbonyl (C=O) groups excluding carboxylic acids is 1. The number of rotatable bonds is 4. The van der Waals surface area contributed by atoms with Crippen molar-refractivity contribution in [1.29, 1.82) is 0 Å². The fourth-order valence-corrected chi connectivity index (χ4v) is 3.55. The van der Waals surface area contributed by atoms with Crippen molar-refractivity contribution in [3.8, 4) is 0 Å². The highest BCUT2D eigenvalue weighted by atomic mass is 32.2. The lowest BCUT2D eigenvalue weighted by molar-refractivity contribution is 0.102. The maximum Gasteiger partial charge on any atom is 0.256 e. The molecule has 112 valence electrons. The zero-order valence-corrected chi connectivity index (χ0v) is 13.3. The summed E-state index contributed by atoms with van der Waals surface area (Å²) < 4.78 is 22.0. The molecule has 0 radical (unpaired) electrons. The molecular formula is C14H16N2O3S2. The van der Waals surface area contributed by atoms with Crippen molar-refractivity contribution < 1.29 is 13.2 Å². The molecule has 0 aliphatic heterocycles. The number of aryl methyl sites for hydroxylation is 2. The molecule has 7 heteroatoms. The van der Waals surface area contributed by atoms with Crippen LogP contribution in [0.1, 0.15) is 25.7 Å². The second-order valence-corrected chi connectivity index (χ2v) is 7.86. The Kier molecular flexibility index (Phi) is 4.46. The zero-order chi connectivity index (χ0) is 15.6. The Morgan fingerprint density at radius 1 is 1.24 bits per heavy atom. The summed E-state index contributed by atoms with van der Waals surface area (Å²) in [7, 11) is -3.54. The lowest BCUT2D eigenvalue weighted by atomic mass is 10.2. The standard InChI is InChI=1S/C14H16N2O3S2/c1-9-7-13(10(2)20-9)14(17)16-12-5-3-11(4-6-12)8-21(15,18)19/h3-7H,8H2,1-2H3,(H,16,17)(H2,15,18,19). The summed E-state index contributed by atoms with van der Waals surface area (Å²) in [5.74, 6) is -0.389. The zero-order valence-electron chi connectivity index (χ0n) is 11.7. The van der Waals surface area contributed by atoms with Gasteiger partial charge in [0, 0.05) is 15.4 Å². The fraction of sp³-hybridized carbons (Fsp3) is 0.214. The van der Waals surface area contributed by atoms with E-state index in [2.05, 4.69) is 5.32 Å². The number of nitrogens with two attached hydrogens (primary N) is 1. The summed E-state index contributed by atoms with van der Waals surface area (Å²) in [6, 6.07) is 8.43. The van der Waals surface area contributed by atoms with Gasteiger partial charge in [0.2, 0.25) is 10.0 Å². The van der Waals surface area contributed by atoms with Crippen LogP contribution in [0.4, 0.5) is 5.69 Å². The van der Waals surface area contributed by atoms with E-state index in [-0.39, 0.29) is 11.7 Å². The summed E-state index contributed by atoms with van der Waals surface area (Å²) in [6.45, 7) is 3.86. The van der Waals surface area contributed by atoms with E-state index in [0.29, 0.717) is 16.8 Å². The summed E-state index contributed by atoms with van der Waals surface area (Å²) in [5, 5.41) is 7.77. The molecule has 0 spiro atoms. The molecule has 2 aromatic rings. The molecule has 1 amide bonds. The van der Waals surface area contributed by atoms with Gasteiger partial charge in [0.25, 0.3) is 5.91 Å². The molecule has 1 aromatic carbocycles. The van der Waals surface area contributed by atoms with E-state index in [1.165, 1.54) is 0 Å². The van der Waals surface area contributed by atoms with Crippen molar-refractivity contribution in [1.82, 2.24) is 0 Å². The van der Waals surface area contributed by atoms with Gasteiger partial charge in [0.05, 0.1) is 11.3 Å². The minimum Gasteiger partial charge on any atom is -0.322 e. The van der Waals surface area contributed by atoms with Crippen molar-refractivity contribution in [2.24, 2.45) is 5.14 Å². The van der Waals surface area contributed by atoms with Gasteiger partial charge >= 0.3 is 0 Å². The number of anilines is 1. The number of primary sulfonamides is 1. The van der Waals surface area contributed by atoms with Gasteiger partial charge in [-0.15, -0.1) is 11.3 Å². The minimum atomic E-state index is -3.54. The SMILES string of the molecule is Cc1cc(C(=O)Nc2ccc(CS(N)(=O)=O)cc2)c(C)s1. The molecule has 0 bridgehead atoms. The first-order valence-electron chi connectivity index (χ1n) is 6.22. The second-order valence-electron chi connectivity index (χ2n) is 4.79. The number of amides is 1. The van der Waals surface area contributed by atoms with Gasteiger partial charge in [-0.2, -0.15) is 0 Å². The van der Waals surface area contributed by atoms with E-state index >= 15 is 0 Å². The van der Waals surface area contributed by atoms with Crippen LogP contribution in [0.3, 0.4) is 0 Å². The number of carbonyl (C=O) groups is 1. The van der Waals surface area contributed by atoms with Gasteiger partial charge in [-0.1, -0.05) is 12.1 Å². The quantitative estimate of drug-likeness (QED) is 0.905. The van der Waals surface area contributed by atoms with Gasteiger partial charge in [0.1, 0.15) is 0 Å². The first-order chi connectivity index (χ1) is 9.74. The fourth-order valence-electron chi connectivity index (χ4n) is 1.97. The largest absolute Gasteiger partial charge is 0.322 e. The maximum atomic E-state index is 12.1. The Balaban J connectivity index is 2.10. The van der Waals surface area contributed by atoms with Crippen LogP contribution in [0.5, 0.6) is 0 Å². The summed E-state index contributed by atoms with van der Waals surface area (Å²) in [4.78, 5) is 14.2. The van der Waals surface area contributed by atoms with E-state index in [1.807, 2.05) is 19.9 Å². The van der Waals surface area contributed by atoms with E-state index in [1.54, 1.807) is 35.6 Å². The second kappa shape index (κ2) is 5.97. The number of hydrogen-bond acceptors (Lipinski definition) is 4. The van der Waals surface area contributed by atoms with Crippen molar-refractivity contribution in [2.75, 3.05) is 5.32 Å². The highest BCUT2D eigenvalue weighted by Crippen LogP contribution is 2.22. The van der Waals surface area contributed by atoms with Gasteiger partial charge in [0.15, 0.2) is 0 Å². The van der Waals surface area contributed by atoms with Crippen LogP contribution in [0.2, 0.25) is 0 Å². The van der Waals surface area contributed by atoms with Crippen LogP contribution in [0.25, 0.3) is 0 Å². The van der Waals surface area contributed by atoms with Crippen LogP contribution in [-0.2, 0) is 15.8 Å². The van der Waals surface area contributed by atoms with E-state index in [4.69, 9.17) is 5.14 Å². The summed E-state index contributed by atoms with van der Waals surface area (Å²) >= 11 is 1.58. The molecule has 1 heterocycles. The van der Waals surface area contributed by atoms with Crippen molar-refractivity contribution in [2.45, 2.75) is 19.6 Å². The Morgan fingerprint density at radius 2 is 1.86 bits per heavy atom. The van der Waals surface area contributed by atoms with Crippen molar-refractivity contribution >= 4 is 33.0 Å². The van der Waals surface area contributed by atoms with Crippen LogP contribution in [0.15, 0.2) is 30.3 Å². The Hall–Kier alpha value is -1.70. The summed E-state index contributed by atoms with van der Waals surface area (Å²) in [6.07, 6.45) is 0. The van der Waals surface area contributed by atoms with Crippen molar-refractivity contribution in [3.63, 3.8) is 0 Å². The predicted octanol–water partition coefficient (Wildman–Crippen LogP) is 2.41. The maximum absolute atomic E-state index is 12.1. The molecule has 0 aliphatic rings. The van der Waals surface area contributed by atoms with E-state index in [0.717, 1.165) is 9.75 Å². The molecule has 0 atom stereocenters. The highest BCUT2D eigenvalue weighted by molar-refractivity contribution is 7.88. The molecule has 21 heavy (non-hydrogen) atoms. The van der Waals surface area contributed by atoms with Gasteiger partial charge in [-0.3, -0.25) is 4.79 Å². The minimum absolute atomic E-state index is 0.170. The molecule has 0 saturated carbocycles. The average molecular weight is 324 g/mol. The van der Waals surface area contributed by atoms with E-state index in [9.17, 15) is 13.2 Å². The van der Waals surface area contributed by atoms with Crippen LogP contribution >= 0.6 is 11.3 Å². The predicted molar refractivity (Wildman–Crippen MR) is 85.0 cm³/mol. The Bertz CT molecular complexity index is 762. The third-order valence-electron chi connectivity index (χ3n) is 2.87. The molecule has 3 N–H and O–H groups in total. The van der Waals surface area contributed by atoms with E-state index < -0.39 is 10.0 Å². The lowest BCUT2D eigenvalue weighted by Gasteiger charge is -2.06. The van der Waals surface area contributed by atoms with Gasteiger partial charge in [-0.25, -0.2) is 13.6 Å². The lowest BCUT2D eigenvalue weighted by Crippen LogP contribution is -2.15. The van der Waals surface area contributed by atoms with Crippen LogP contribution < -0.4 is 10.5 Å².